The van der Waals surface area contributed by atoms with Crippen molar-refractivity contribution >= 4 is 0 Å². The van der Waals surface area contributed by atoms with Crippen LogP contribution in [0.1, 0.15) is 61.3 Å². The highest BCUT2D eigenvalue weighted by molar-refractivity contribution is 4.94. The Bertz CT molecular complexity index is 319. The Labute approximate surface area is 126 Å². The third-order valence-corrected chi connectivity index (χ3v) is 6.17. The van der Waals surface area contributed by atoms with Gasteiger partial charge in [0, 0.05) is 25.2 Å². The molecule has 0 radical (unpaired) electrons. The van der Waals surface area contributed by atoms with E-state index in [4.69, 9.17) is 0 Å². The van der Waals surface area contributed by atoms with Gasteiger partial charge in [0.1, 0.15) is 0 Å². The van der Waals surface area contributed by atoms with Crippen molar-refractivity contribution in [3.8, 4) is 0 Å². The molecule has 0 N–H and O–H groups in total. The summed E-state index contributed by atoms with van der Waals surface area (Å²) in [6, 6.07) is 1.44. The molecule has 2 saturated heterocycles. The van der Waals surface area contributed by atoms with Gasteiger partial charge in [0.25, 0.3) is 0 Å². The van der Waals surface area contributed by atoms with Gasteiger partial charge in [-0.15, -0.1) is 0 Å². The Morgan fingerprint density at radius 1 is 0.900 bits per heavy atom. The van der Waals surface area contributed by atoms with Crippen LogP contribution in [0, 0.1) is 16.7 Å². The van der Waals surface area contributed by atoms with Gasteiger partial charge in [-0.25, -0.2) is 0 Å². The fourth-order valence-corrected chi connectivity index (χ4v) is 3.74. The second-order valence-corrected chi connectivity index (χ2v) is 9.12. The van der Waals surface area contributed by atoms with Crippen LogP contribution in [-0.4, -0.2) is 48.1 Å². The quantitative estimate of drug-likeness (QED) is 0.754. The topological polar surface area (TPSA) is 6.48 Å². The first-order chi connectivity index (χ1) is 9.11. The Kier molecular flexibility index (Phi) is 4.57. The Morgan fingerprint density at radius 2 is 1.45 bits per heavy atom. The van der Waals surface area contributed by atoms with Crippen molar-refractivity contribution < 1.29 is 0 Å². The van der Waals surface area contributed by atoms with E-state index >= 15 is 0 Å². The molecule has 2 atom stereocenters. The van der Waals surface area contributed by atoms with Gasteiger partial charge in [0.2, 0.25) is 0 Å². The van der Waals surface area contributed by atoms with Crippen molar-refractivity contribution in [3.05, 3.63) is 0 Å². The lowest BCUT2D eigenvalue weighted by Crippen LogP contribution is -2.57. The molecule has 20 heavy (non-hydrogen) atoms. The summed E-state index contributed by atoms with van der Waals surface area (Å²) in [5.74, 6) is 0.915. The molecule has 0 aromatic carbocycles. The molecule has 2 rings (SSSR count). The number of nitrogens with zero attached hydrogens (tertiary/aromatic N) is 2. The second kappa shape index (κ2) is 5.61. The van der Waals surface area contributed by atoms with Gasteiger partial charge in [0.05, 0.1) is 0 Å². The maximum atomic E-state index is 2.68. The van der Waals surface area contributed by atoms with E-state index < -0.39 is 0 Å². The predicted molar refractivity (Wildman–Crippen MR) is 88.0 cm³/mol. The monoisotopic (exact) mass is 280 g/mol. The lowest BCUT2D eigenvalue weighted by Gasteiger charge is -2.52. The fraction of sp³-hybridized carbons (Fsp3) is 1.00. The van der Waals surface area contributed by atoms with Crippen LogP contribution < -0.4 is 0 Å². The minimum Gasteiger partial charge on any atom is -0.300 e. The summed E-state index contributed by atoms with van der Waals surface area (Å²) in [5, 5.41) is 0. The molecule has 2 heteroatoms. The molecule has 0 aromatic rings. The number of hydrogen-bond donors (Lipinski definition) is 0. The van der Waals surface area contributed by atoms with Gasteiger partial charge in [-0.1, -0.05) is 34.6 Å². The molecule has 118 valence electrons. The maximum absolute atomic E-state index is 2.68. The average molecular weight is 280 g/mol. The Balaban J connectivity index is 1.78. The minimum absolute atomic E-state index is 0.408. The van der Waals surface area contributed by atoms with Crippen molar-refractivity contribution in [1.82, 2.24) is 9.80 Å². The van der Waals surface area contributed by atoms with Crippen LogP contribution in [0.3, 0.4) is 0 Å². The van der Waals surface area contributed by atoms with E-state index in [1.165, 1.54) is 39.0 Å². The zero-order valence-electron chi connectivity index (χ0n) is 14.9. The molecule has 2 heterocycles. The van der Waals surface area contributed by atoms with Gasteiger partial charge < -0.3 is 4.90 Å². The van der Waals surface area contributed by atoms with Gasteiger partial charge in [0.15, 0.2) is 0 Å². The SMILES string of the molecule is C[C@H](N1CC(CC(C)(C)[C@@H](C)N2CCC2)C1)C(C)(C)C. The summed E-state index contributed by atoms with van der Waals surface area (Å²) in [4.78, 5) is 5.34. The molecule has 2 aliphatic heterocycles. The standard InChI is InChI=1S/C18H36N2/c1-14(17(3,4)5)20-12-16(13-20)11-18(6,7)15(2)19-9-8-10-19/h14-16H,8-13H2,1-7H3/t14-,15+/m0/s1. The number of rotatable bonds is 5. The van der Waals surface area contributed by atoms with E-state index in [1.54, 1.807) is 0 Å². The Morgan fingerprint density at radius 3 is 1.85 bits per heavy atom. The second-order valence-electron chi connectivity index (χ2n) is 9.12. The zero-order valence-corrected chi connectivity index (χ0v) is 14.9. The molecule has 2 fully saturated rings. The van der Waals surface area contributed by atoms with Crippen molar-refractivity contribution in [1.29, 1.82) is 0 Å². The highest BCUT2D eigenvalue weighted by atomic mass is 15.2. The summed E-state index contributed by atoms with van der Waals surface area (Å²) in [6.45, 7) is 22.1. The van der Waals surface area contributed by atoms with Crippen LogP contribution in [-0.2, 0) is 0 Å². The van der Waals surface area contributed by atoms with E-state index in [0.717, 1.165) is 12.0 Å². The molecular weight excluding hydrogens is 244 g/mol. The Hall–Kier alpha value is -0.0800. The highest BCUT2D eigenvalue weighted by Gasteiger charge is 2.40. The van der Waals surface area contributed by atoms with Gasteiger partial charge in [-0.3, -0.25) is 4.90 Å². The van der Waals surface area contributed by atoms with Crippen LogP contribution in [0.25, 0.3) is 0 Å². The van der Waals surface area contributed by atoms with E-state index in [9.17, 15) is 0 Å². The lowest BCUT2D eigenvalue weighted by atomic mass is 9.73. The largest absolute Gasteiger partial charge is 0.300 e. The van der Waals surface area contributed by atoms with Crippen LogP contribution in [0.2, 0.25) is 0 Å². The molecule has 0 aliphatic carbocycles. The number of likely N-dealkylation sites (tertiary alicyclic amines) is 2. The summed E-state index contributed by atoms with van der Waals surface area (Å²) >= 11 is 0. The van der Waals surface area contributed by atoms with Crippen LogP contribution >= 0.6 is 0 Å². The smallest absolute Gasteiger partial charge is 0.0118 e. The van der Waals surface area contributed by atoms with Gasteiger partial charge in [-0.05, 0) is 56.5 Å². The molecule has 0 bridgehead atoms. The van der Waals surface area contributed by atoms with E-state index in [2.05, 4.69) is 58.3 Å². The summed E-state index contributed by atoms with van der Waals surface area (Å²) in [6.07, 6.45) is 2.79. The lowest BCUT2D eigenvalue weighted by molar-refractivity contribution is -0.0274. The van der Waals surface area contributed by atoms with E-state index in [1.807, 2.05) is 0 Å². The molecule has 2 aliphatic rings. The first-order valence-corrected chi connectivity index (χ1v) is 8.59. The van der Waals surface area contributed by atoms with Crippen molar-refractivity contribution in [3.63, 3.8) is 0 Å². The third-order valence-electron chi connectivity index (χ3n) is 6.17. The fourth-order valence-electron chi connectivity index (χ4n) is 3.74. The van der Waals surface area contributed by atoms with Crippen molar-refractivity contribution in [2.75, 3.05) is 26.2 Å². The molecule has 0 saturated carbocycles. The van der Waals surface area contributed by atoms with Crippen molar-refractivity contribution in [2.24, 2.45) is 16.7 Å². The normalized spacial score (nSPS) is 25.9. The molecule has 0 unspecified atom stereocenters. The molecule has 0 amide bonds. The minimum atomic E-state index is 0.408. The maximum Gasteiger partial charge on any atom is 0.0118 e. The summed E-state index contributed by atoms with van der Waals surface area (Å²) < 4.78 is 0. The molecule has 0 aromatic heterocycles. The first kappa shape index (κ1) is 16.3. The van der Waals surface area contributed by atoms with Crippen LogP contribution in [0.15, 0.2) is 0 Å². The van der Waals surface area contributed by atoms with Gasteiger partial charge in [-0.2, -0.15) is 0 Å². The molecule has 2 nitrogen and oxygen atoms in total. The van der Waals surface area contributed by atoms with Crippen LogP contribution in [0.4, 0.5) is 0 Å². The molecular formula is C18H36N2. The van der Waals surface area contributed by atoms with E-state index in [-0.39, 0.29) is 0 Å². The van der Waals surface area contributed by atoms with Gasteiger partial charge >= 0.3 is 0 Å². The highest BCUT2D eigenvalue weighted by Crippen LogP contribution is 2.39. The number of hydrogen-bond acceptors (Lipinski definition) is 2. The summed E-state index contributed by atoms with van der Waals surface area (Å²) in [7, 11) is 0. The predicted octanol–water partition coefficient (Wildman–Crippen LogP) is 3.86. The summed E-state index contributed by atoms with van der Waals surface area (Å²) in [5.41, 5.74) is 0.869. The zero-order chi connectivity index (χ0) is 15.1. The third kappa shape index (κ3) is 3.39. The van der Waals surface area contributed by atoms with E-state index in [0.29, 0.717) is 16.9 Å². The molecule has 0 spiro atoms. The average Bonchev–Trinajstić information content (AvgIpc) is 2.18. The first-order valence-electron chi connectivity index (χ1n) is 8.59. The van der Waals surface area contributed by atoms with Crippen molar-refractivity contribution in [2.45, 2.75) is 73.4 Å². The van der Waals surface area contributed by atoms with Crippen LogP contribution in [0.5, 0.6) is 0 Å².